The molecule has 0 saturated heterocycles. The summed E-state index contributed by atoms with van der Waals surface area (Å²) in [5.41, 5.74) is 1.39. The van der Waals surface area contributed by atoms with E-state index in [1.807, 2.05) is 0 Å². The van der Waals surface area contributed by atoms with Crippen molar-refractivity contribution in [1.29, 1.82) is 0 Å². The van der Waals surface area contributed by atoms with Crippen molar-refractivity contribution in [3.05, 3.63) is 29.3 Å². The van der Waals surface area contributed by atoms with Crippen molar-refractivity contribution in [2.75, 3.05) is 6.61 Å². The average molecular weight is 234 g/mol. The van der Waals surface area contributed by atoms with Crippen molar-refractivity contribution in [1.82, 2.24) is 0 Å². The van der Waals surface area contributed by atoms with Crippen LogP contribution in [0.3, 0.4) is 0 Å². The van der Waals surface area contributed by atoms with Gasteiger partial charge >= 0.3 is 5.97 Å². The molecule has 0 aromatic heterocycles. The maximum atomic E-state index is 10.9. The van der Waals surface area contributed by atoms with E-state index in [4.69, 9.17) is 9.84 Å². The molecular formula is C14H18O3. The van der Waals surface area contributed by atoms with E-state index in [0.717, 1.165) is 37.2 Å². The van der Waals surface area contributed by atoms with E-state index < -0.39 is 5.97 Å². The van der Waals surface area contributed by atoms with Crippen molar-refractivity contribution < 1.29 is 14.6 Å². The van der Waals surface area contributed by atoms with Gasteiger partial charge in [-0.25, -0.2) is 4.79 Å². The molecule has 92 valence electrons. The van der Waals surface area contributed by atoms with Crippen LogP contribution < -0.4 is 4.74 Å². The second-order valence-electron chi connectivity index (χ2n) is 4.49. The monoisotopic (exact) mass is 234 g/mol. The Balaban J connectivity index is 2.22. The summed E-state index contributed by atoms with van der Waals surface area (Å²) in [7, 11) is 0. The number of aryl methyl sites for hydroxylation is 1. The summed E-state index contributed by atoms with van der Waals surface area (Å²) in [5.74, 6) is -0.0122. The smallest absolute Gasteiger partial charge is 0.335 e. The van der Waals surface area contributed by atoms with Crippen LogP contribution in [0.4, 0.5) is 0 Å². The van der Waals surface area contributed by atoms with Crippen molar-refractivity contribution in [3.63, 3.8) is 0 Å². The van der Waals surface area contributed by atoms with Crippen molar-refractivity contribution in [3.8, 4) is 5.75 Å². The highest BCUT2D eigenvalue weighted by atomic mass is 16.5. The van der Waals surface area contributed by atoms with Gasteiger partial charge in [-0.1, -0.05) is 19.3 Å². The predicted octanol–water partition coefficient (Wildman–Crippen LogP) is 3.27. The van der Waals surface area contributed by atoms with E-state index in [1.165, 1.54) is 19.3 Å². The molecule has 1 N–H and O–H groups in total. The molecule has 0 radical (unpaired) electrons. The quantitative estimate of drug-likeness (QED) is 0.811. The van der Waals surface area contributed by atoms with Crippen LogP contribution in [0.5, 0.6) is 5.75 Å². The van der Waals surface area contributed by atoms with Crippen LogP contribution in [0, 0.1) is 0 Å². The standard InChI is InChI=1S/C14H18O3/c15-14(16)12-7-8-13-11(10-12)6-4-2-1-3-5-9-17-13/h7-8,10H,1-6,9H2,(H,15,16). The maximum absolute atomic E-state index is 10.9. The predicted molar refractivity (Wildman–Crippen MR) is 65.7 cm³/mol. The van der Waals surface area contributed by atoms with Gasteiger partial charge in [0.15, 0.2) is 0 Å². The molecular weight excluding hydrogens is 216 g/mol. The molecule has 0 fully saturated rings. The van der Waals surface area contributed by atoms with E-state index in [9.17, 15) is 4.79 Å². The normalized spacial score (nSPS) is 16.7. The molecule has 3 heteroatoms. The number of carboxylic acid groups (broad SMARTS) is 1. The second kappa shape index (κ2) is 5.71. The lowest BCUT2D eigenvalue weighted by atomic mass is 10.0. The molecule has 1 heterocycles. The number of carbonyl (C=O) groups is 1. The van der Waals surface area contributed by atoms with E-state index >= 15 is 0 Å². The molecule has 1 aromatic rings. The number of carboxylic acids is 1. The van der Waals surface area contributed by atoms with Crippen molar-refractivity contribution in [2.24, 2.45) is 0 Å². The summed E-state index contributed by atoms with van der Waals surface area (Å²) in [4.78, 5) is 10.9. The van der Waals surface area contributed by atoms with Crippen LogP contribution in [-0.2, 0) is 6.42 Å². The number of hydrogen-bond acceptors (Lipinski definition) is 2. The Kier molecular flexibility index (Phi) is 4.02. The van der Waals surface area contributed by atoms with Gasteiger partial charge in [0.05, 0.1) is 12.2 Å². The Morgan fingerprint density at radius 3 is 2.71 bits per heavy atom. The molecule has 1 aromatic carbocycles. The second-order valence-corrected chi connectivity index (χ2v) is 4.49. The fourth-order valence-electron chi connectivity index (χ4n) is 2.18. The molecule has 2 rings (SSSR count). The van der Waals surface area contributed by atoms with Crippen LogP contribution in [-0.4, -0.2) is 17.7 Å². The van der Waals surface area contributed by atoms with Gasteiger partial charge in [-0.2, -0.15) is 0 Å². The van der Waals surface area contributed by atoms with E-state index in [2.05, 4.69) is 0 Å². The largest absolute Gasteiger partial charge is 0.493 e. The Morgan fingerprint density at radius 2 is 1.88 bits per heavy atom. The van der Waals surface area contributed by atoms with E-state index in [-0.39, 0.29) is 0 Å². The first kappa shape index (κ1) is 12.0. The molecule has 1 aliphatic heterocycles. The van der Waals surface area contributed by atoms with Crippen LogP contribution in [0.2, 0.25) is 0 Å². The number of fused-ring (bicyclic) bond motifs is 1. The number of aromatic carboxylic acids is 1. The van der Waals surface area contributed by atoms with Gasteiger partial charge in [-0.05, 0) is 43.0 Å². The number of ether oxygens (including phenoxy) is 1. The SMILES string of the molecule is O=C(O)c1ccc2c(c1)CCCCCCCO2. The number of hydrogen-bond donors (Lipinski definition) is 1. The summed E-state index contributed by atoms with van der Waals surface area (Å²) >= 11 is 0. The van der Waals surface area contributed by atoms with Gasteiger partial charge in [0.1, 0.15) is 5.75 Å². The summed E-state index contributed by atoms with van der Waals surface area (Å²) in [5, 5.41) is 8.97. The van der Waals surface area contributed by atoms with Gasteiger partial charge in [0, 0.05) is 0 Å². The topological polar surface area (TPSA) is 46.5 Å². The zero-order chi connectivity index (χ0) is 12.1. The molecule has 0 atom stereocenters. The molecule has 0 saturated carbocycles. The summed E-state index contributed by atoms with van der Waals surface area (Å²) < 4.78 is 5.71. The van der Waals surface area contributed by atoms with Crippen LogP contribution in [0.1, 0.15) is 48.0 Å². The first-order valence-corrected chi connectivity index (χ1v) is 6.26. The molecule has 0 spiro atoms. The minimum Gasteiger partial charge on any atom is -0.493 e. The van der Waals surface area contributed by atoms with Crippen LogP contribution in [0.25, 0.3) is 0 Å². The first-order chi connectivity index (χ1) is 8.27. The Hall–Kier alpha value is -1.51. The Labute approximate surface area is 101 Å². The highest BCUT2D eigenvalue weighted by Gasteiger charge is 2.10. The molecule has 0 amide bonds. The number of rotatable bonds is 1. The van der Waals surface area contributed by atoms with Gasteiger partial charge < -0.3 is 9.84 Å². The Morgan fingerprint density at radius 1 is 1.12 bits per heavy atom. The molecule has 0 bridgehead atoms. The minimum absolute atomic E-state index is 0.351. The lowest BCUT2D eigenvalue weighted by Crippen LogP contribution is -2.05. The summed E-state index contributed by atoms with van der Waals surface area (Å²) in [6.45, 7) is 0.736. The van der Waals surface area contributed by atoms with Gasteiger partial charge in [-0.15, -0.1) is 0 Å². The fraction of sp³-hybridized carbons (Fsp3) is 0.500. The highest BCUT2D eigenvalue weighted by Crippen LogP contribution is 2.24. The van der Waals surface area contributed by atoms with Crippen molar-refractivity contribution >= 4 is 5.97 Å². The molecule has 17 heavy (non-hydrogen) atoms. The minimum atomic E-state index is -0.870. The highest BCUT2D eigenvalue weighted by molar-refractivity contribution is 5.88. The Bertz CT molecular complexity index is 398. The third-order valence-corrected chi connectivity index (χ3v) is 3.16. The summed E-state index contributed by atoms with van der Waals surface area (Å²) in [6, 6.07) is 5.16. The maximum Gasteiger partial charge on any atom is 0.335 e. The molecule has 3 nitrogen and oxygen atoms in total. The zero-order valence-corrected chi connectivity index (χ0v) is 9.95. The number of benzene rings is 1. The van der Waals surface area contributed by atoms with E-state index in [0.29, 0.717) is 5.56 Å². The lowest BCUT2D eigenvalue weighted by molar-refractivity contribution is 0.0696. The van der Waals surface area contributed by atoms with Gasteiger partial charge in [0.2, 0.25) is 0 Å². The van der Waals surface area contributed by atoms with Gasteiger partial charge in [-0.3, -0.25) is 0 Å². The van der Waals surface area contributed by atoms with Crippen LogP contribution in [0.15, 0.2) is 18.2 Å². The zero-order valence-electron chi connectivity index (χ0n) is 9.95. The third-order valence-electron chi connectivity index (χ3n) is 3.16. The molecule has 1 aliphatic rings. The molecule has 0 aliphatic carbocycles. The van der Waals surface area contributed by atoms with Crippen molar-refractivity contribution in [2.45, 2.75) is 38.5 Å². The summed E-state index contributed by atoms with van der Waals surface area (Å²) in [6.07, 6.45) is 6.80. The lowest BCUT2D eigenvalue weighted by Gasteiger charge is -2.14. The van der Waals surface area contributed by atoms with Gasteiger partial charge in [0.25, 0.3) is 0 Å². The van der Waals surface area contributed by atoms with E-state index in [1.54, 1.807) is 18.2 Å². The molecule has 0 unspecified atom stereocenters. The average Bonchev–Trinajstić information content (AvgIpc) is 2.34. The van der Waals surface area contributed by atoms with Crippen LogP contribution >= 0.6 is 0 Å². The first-order valence-electron chi connectivity index (χ1n) is 6.26. The fourth-order valence-corrected chi connectivity index (χ4v) is 2.18. The third kappa shape index (κ3) is 3.22.